The minimum absolute atomic E-state index is 0.00322. The summed E-state index contributed by atoms with van der Waals surface area (Å²) in [5, 5.41) is 2.69. The van der Waals surface area contributed by atoms with Gasteiger partial charge in [-0.05, 0) is 56.2 Å². The predicted molar refractivity (Wildman–Crippen MR) is 115 cm³/mol. The van der Waals surface area contributed by atoms with Crippen molar-refractivity contribution in [1.82, 2.24) is 9.62 Å². The molecule has 1 fully saturated rings. The number of amides is 1. The second-order valence-corrected chi connectivity index (χ2v) is 9.05. The number of Topliss-reactive ketones (excluding diaryl/α,β-unsaturated/α-hetero) is 1. The second kappa shape index (κ2) is 9.70. The monoisotopic (exact) mass is 424 g/mol. The lowest BCUT2D eigenvalue weighted by Gasteiger charge is -2.25. The van der Waals surface area contributed by atoms with Gasteiger partial charge in [0.2, 0.25) is 10.0 Å². The number of hydrogen-bond donors (Lipinski definition) is 1. The summed E-state index contributed by atoms with van der Waals surface area (Å²) in [6.45, 7) is 2.74. The van der Waals surface area contributed by atoms with E-state index in [1.807, 2.05) is 0 Å². The van der Waals surface area contributed by atoms with E-state index in [0.717, 1.165) is 24.8 Å². The van der Waals surface area contributed by atoms with Gasteiger partial charge in [0, 0.05) is 29.8 Å². The van der Waals surface area contributed by atoms with Crippen molar-refractivity contribution in [2.75, 3.05) is 19.6 Å². The molecule has 0 aliphatic carbocycles. The lowest BCUT2D eigenvalue weighted by molar-refractivity contribution is 0.0957. The number of nitrogens with zero attached hydrogens (tertiary/aromatic N) is 1. The van der Waals surface area contributed by atoms with Crippen LogP contribution in [0.3, 0.4) is 0 Å². The molecular weight excluding hydrogens is 400 g/mol. The fraction of sp³-hybridized carbons (Fsp3) is 0.304. The summed E-state index contributed by atoms with van der Waals surface area (Å²) in [6, 6.07) is 12.9. The van der Waals surface area contributed by atoms with Gasteiger partial charge in [0.1, 0.15) is 0 Å². The molecule has 6 nitrogen and oxygen atoms in total. The standard InChI is InChI=1S/C23H24N2O4S/c1-18(26)20-9-7-19(8-10-20)6-5-15-24-23(27)21-11-13-22(14-12-21)30(28,29)25-16-3-2-4-17-25/h7-14H,2-4,15-17H2,1H3,(H,24,27). The van der Waals surface area contributed by atoms with Crippen LogP contribution in [0.4, 0.5) is 0 Å². The zero-order valence-electron chi connectivity index (χ0n) is 16.8. The maximum absolute atomic E-state index is 12.7. The number of ketones is 1. The van der Waals surface area contributed by atoms with Crippen LogP contribution in [0.25, 0.3) is 0 Å². The number of hydrogen-bond acceptors (Lipinski definition) is 4. The van der Waals surface area contributed by atoms with E-state index >= 15 is 0 Å². The quantitative estimate of drug-likeness (QED) is 0.591. The molecule has 156 valence electrons. The first kappa shape index (κ1) is 21.8. The summed E-state index contributed by atoms with van der Waals surface area (Å²) in [5.41, 5.74) is 1.75. The average Bonchev–Trinajstić information content (AvgIpc) is 2.77. The topological polar surface area (TPSA) is 83.5 Å². The molecule has 1 aliphatic rings. The Hall–Kier alpha value is -2.95. The lowest BCUT2D eigenvalue weighted by Crippen LogP contribution is -2.35. The molecule has 1 N–H and O–H groups in total. The third-order valence-corrected chi connectivity index (χ3v) is 6.84. The van der Waals surface area contributed by atoms with Gasteiger partial charge >= 0.3 is 0 Å². The van der Waals surface area contributed by atoms with Gasteiger partial charge in [0.05, 0.1) is 11.4 Å². The van der Waals surface area contributed by atoms with E-state index in [9.17, 15) is 18.0 Å². The molecule has 1 heterocycles. The fourth-order valence-electron chi connectivity index (χ4n) is 3.19. The van der Waals surface area contributed by atoms with Gasteiger partial charge in [-0.3, -0.25) is 9.59 Å². The van der Waals surface area contributed by atoms with E-state index in [4.69, 9.17) is 0 Å². The summed E-state index contributed by atoms with van der Waals surface area (Å²) < 4.78 is 26.8. The van der Waals surface area contributed by atoms with Crippen LogP contribution in [0, 0.1) is 11.8 Å². The van der Waals surface area contributed by atoms with Gasteiger partial charge < -0.3 is 5.32 Å². The zero-order chi connectivity index (χ0) is 21.6. The first-order valence-electron chi connectivity index (χ1n) is 9.86. The van der Waals surface area contributed by atoms with Gasteiger partial charge in [-0.15, -0.1) is 0 Å². The van der Waals surface area contributed by atoms with Crippen molar-refractivity contribution in [1.29, 1.82) is 0 Å². The Morgan fingerprint density at radius 3 is 2.13 bits per heavy atom. The number of sulfonamides is 1. The van der Waals surface area contributed by atoms with Crippen molar-refractivity contribution in [2.24, 2.45) is 0 Å². The van der Waals surface area contributed by atoms with Crippen molar-refractivity contribution in [2.45, 2.75) is 31.1 Å². The fourth-order valence-corrected chi connectivity index (χ4v) is 4.71. The summed E-state index contributed by atoms with van der Waals surface area (Å²) in [6.07, 6.45) is 2.81. The molecule has 0 spiro atoms. The molecule has 2 aromatic rings. The molecule has 1 aliphatic heterocycles. The smallest absolute Gasteiger partial charge is 0.252 e. The van der Waals surface area contributed by atoms with Crippen LogP contribution in [0.5, 0.6) is 0 Å². The van der Waals surface area contributed by atoms with E-state index in [1.54, 1.807) is 24.3 Å². The summed E-state index contributed by atoms with van der Waals surface area (Å²) in [5.74, 6) is 5.46. The highest BCUT2D eigenvalue weighted by Gasteiger charge is 2.25. The molecule has 0 atom stereocenters. The molecule has 1 saturated heterocycles. The van der Waals surface area contributed by atoms with Crippen LogP contribution < -0.4 is 5.32 Å². The van der Waals surface area contributed by atoms with Crippen LogP contribution in [0.1, 0.15) is 52.5 Å². The zero-order valence-corrected chi connectivity index (χ0v) is 17.7. The largest absolute Gasteiger partial charge is 0.341 e. The van der Waals surface area contributed by atoms with Crippen LogP contribution in [0.2, 0.25) is 0 Å². The molecular formula is C23H24N2O4S. The van der Waals surface area contributed by atoms with Gasteiger partial charge in [-0.1, -0.05) is 30.4 Å². The Balaban J connectivity index is 1.57. The van der Waals surface area contributed by atoms with Crippen LogP contribution in [0.15, 0.2) is 53.4 Å². The van der Waals surface area contributed by atoms with E-state index < -0.39 is 10.0 Å². The van der Waals surface area contributed by atoms with Gasteiger partial charge in [0.15, 0.2) is 5.78 Å². The predicted octanol–water partition coefficient (Wildman–Crippen LogP) is 2.85. The van der Waals surface area contributed by atoms with Crippen molar-refractivity contribution in [3.8, 4) is 11.8 Å². The summed E-state index contributed by atoms with van der Waals surface area (Å²) in [7, 11) is -3.51. The highest BCUT2D eigenvalue weighted by molar-refractivity contribution is 7.89. The number of carbonyl (C=O) groups excluding carboxylic acids is 2. The molecule has 0 saturated carbocycles. The van der Waals surface area contributed by atoms with Crippen molar-refractivity contribution in [3.63, 3.8) is 0 Å². The minimum atomic E-state index is -3.51. The highest BCUT2D eigenvalue weighted by Crippen LogP contribution is 2.20. The van der Waals surface area contributed by atoms with Crippen LogP contribution in [-0.2, 0) is 10.0 Å². The van der Waals surface area contributed by atoms with Gasteiger partial charge in [-0.2, -0.15) is 4.31 Å². The minimum Gasteiger partial charge on any atom is -0.341 e. The summed E-state index contributed by atoms with van der Waals surface area (Å²) in [4.78, 5) is 23.7. The summed E-state index contributed by atoms with van der Waals surface area (Å²) >= 11 is 0. The number of benzene rings is 2. The van der Waals surface area contributed by atoms with Crippen molar-refractivity contribution < 1.29 is 18.0 Å². The number of nitrogens with one attached hydrogen (secondary N) is 1. The van der Waals surface area contributed by atoms with E-state index in [1.165, 1.54) is 35.5 Å². The van der Waals surface area contributed by atoms with Gasteiger partial charge in [0.25, 0.3) is 5.91 Å². The first-order valence-corrected chi connectivity index (χ1v) is 11.3. The van der Waals surface area contributed by atoms with E-state index in [0.29, 0.717) is 24.2 Å². The number of rotatable bonds is 5. The van der Waals surface area contributed by atoms with E-state index in [2.05, 4.69) is 17.2 Å². The Labute approximate surface area is 177 Å². The maximum atomic E-state index is 12.7. The highest BCUT2D eigenvalue weighted by atomic mass is 32.2. The van der Waals surface area contributed by atoms with E-state index in [-0.39, 0.29) is 23.1 Å². The third-order valence-electron chi connectivity index (χ3n) is 4.93. The Kier molecular flexibility index (Phi) is 7.03. The Morgan fingerprint density at radius 1 is 0.933 bits per heavy atom. The SMILES string of the molecule is CC(=O)c1ccc(C#CCNC(=O)c2ccc(S(=O)(=O)N3CCCCC3)cc2)cc1. The first-order chi connectivity index (χ1) is 14.4. The molecule has 0 unspecified atom stereocenters. The van der Waals surface area contributed by atoms with Gasteiger partial charge in [-0.25, -0.2) is 8.42 Å². The van der Waals surface area contributed by atoms with Crippen LogP contribution >= 0.6 is 0 Å². The average molecular weight is 425 g/mol. The lowest BCUT2D eigenvalue weighted by atomic mass is 10.1. The molecule has 0 aromatic heterocycles. The molecule has 30 heavy (non-hydrogen) atoms. The van der Waals surface area contributed by atoms with Crippen molar-refractivity contribution >= 4 is 21.7 Å². The Morgan fingerprint density at radius 2 is 1.53 bits per heavy atom. The van der Waals surface area contributed by atoms with Crippen LogP contribution in [-0.4, -0.2) is 44.0 Å². The maximum Gasteiger partial charge on any atom is 0.252 e. The molecule has 0 radical (unpaired) electrons. The molecule has 7 heteroatoms. The molecule has 3 rings (SSSR count). The Bertz CT molecular complexity index is 1070. The third kappa shape index (κ3) is 5.35. The molecule has 1 amide bonds. The van der Waals surface area contributed by atoms with Crippen molar-refractivity contribution in [3.05, 3.63) is 65.2 Å². The second-order valence-electron chi connectivity index (χ2n) is 7.11. The normalized spacial score (nSPS) is 14.4. The molecule has 0 bridgehead atoms. The number of carbonyl (C=O) groups is 2. The number of piperidine rings is 1. The molecule has 2 aromatic carbocycles.